The molecule has 1 aromatic heterocycles. The van der Waals surface area contributed by atoms with E-state index in [1.807, 2.05) is 35.8 Å². The van der Waals surface area contributed by atoms with Gasteiger partial charge in [-0.2, -0.15) is 4.39 Å². The molecule has 1 spiro atoms. The Morgan fingerprint density at radius 2 is 2.00 bits per heavy atom. The van der Waals surface area contributed by atoms with Crippen molar-refractivity contribution in [2.45, 2.75) is 38.1 Å². The second-order valence-electron chi connectivity index (χ2n) is 9.30. The van der Waals surface area contributed by atoms with Gasteiger partial charge in [0.25, 0.3) is 0 Å². The summed E-state index contributed by atoms with van der Waals surface area (Å²) in [6, 6.07) is 7.67. The zero-order valence-electron chi connectivity index (χ0n) is 19.8. The summed E-state index contributed by atoms with van der Waals surface area (Å²) in [4.78, 5) is 25.2. The Balaban J connectivity index is 1.60. The number of aromatic carboxylic acids is 1. The van der Waals surface area contributed by atoms with Crippen LogP contribution in [0.1, 0.15) is 41.6 Å². The van der Waals surface area contributed by atoms with Crippen molar-refractivity contribution < 1.29 is 29.1 Å². The van der Waals surface area contributed by atoms with Gasteiger partial charge in [-0.1, -0.05) is 30.5 Å². The average Bonchev–Trinajstić information content (AvgIpc) is 3.31. The molecule has 2 heterocycles. The predicted octanol–water partition coefficient (Wildman–Crippen LogP) is 3.12. The summed E-state index contributed by atoms with van der Waals surface area (Å²) in [5.41, 5.74) is 0.303. The van der Waals surface area contributed by atoms with Gasteiger partial charge in [-0.25, -0.2) is 4.79 Å². The summed E-state index contributed by atoms with van der Waals surface area (Å²) in [5, 5.41) is 14.4. The number of pyridine rings is 1. The molecule has 0 amide bonds. The van der Waals surface area contributed by atoms with Gasteiger partial charge in [0, 0.05) is 12.7 Å². The zero-order chi connectivity index (χ0) is 24.7. The van der Waals surface area contributed by atoms with Crippen molar-refractivity contribution in [3.05, 3.63) is 57.6 Å². The molecule has 9 heteroatoms. The summed E-state index contributed by atoms with van der Waals surface area (Å²) in [6.07, 6.45) is 4.98. The van der Waals surface area contributed by atoms with Crippen LogP contribution in [0.5, 0.6) is 11.5 Å². The minimum Gasteiger partial charge on any atom is -0.492 e. The molecule has 3 aromatic rings. The summed E-state index contributed by atoms with van der Waals surface area (Å²) < 4.78 is 29.6. The molecule has 4 N–H and O–H groups in total. The molecule has 2 aromatic carbocycles. The van der Waals surface area contributed by atoms with Gasteiger partial charge in [-0.05, 0) is 31.9 Å². The number of aromatic nitrogens is 1. The van der Waals surface area contributed by atoms with Crippen molar-refractivity contribution in [1.82, 2.24) is 4.57 Å². The number of fused-ring (bicyclic) bond motifs is 1. The van der Waals surface area contributed by atoms with Gasteiger partial charge in [-0.3, -0.25) is 4.79 Å². The molecule has 0 radical (unpaired) electrons. The highest BCUT2D eigenvalue weighted by molar-refractivity contribution is 6.02. The Morgan fingerprint density at radius 3 is 2.66 bits per heavy atom. The number of nitrogens with two attached hydrogens (primary N) is 1. The van der Waals surface area contributed by atoms with Gasteiger partial charge in [0.05, 0.1) is 12.6 Å². The largest absolute Gasteiger partial charge is 0.492 e. The van der Waals surface area contributed by atoms with Gasteiger partial charge in [0.2, 0.25) is 11.2 Å². The summed E-state index contributed by atoms with van der Waals surface area (Å²) in [5.74, 6) is -1.00. The van der Waals surface area contributed by atoms with E-state index >= 15 is 4.39 Å². The fourth-order valence-corrected chi connectivity index (χ4v) is 5.32. The number of nitrogens with one attached hydrogen (secondary N) is 1. The minimum absolute atomic E-state index is 0.0485. The number of rotatable bonds is 7. The van der Waals surface area contributed by atoms with E-state index in [2.05, 4.69) is 5.32 Å². The van der Waals surface area contributed by atoms with Crippen molar-refractivity contribution >= 4 is 28.2 Å². The third-order valence-corrected chi connectivity index (χ3v) is 7.12. The zero-order valence-corrected chi connectivity index (χ0v) is 19.8. The van der Waals surface area contributed by atoms with Crippen molar-refractivity contribution in [3.8, 4) is 11.5 Å². The minimum atomic E-state index is -1.32. The number of ether oxygens (including phenoxy) is 2. The molecule has 184 valence electrons. The van der Waals surface area contributed by atoms with Crippen LogP contribution >= 0.6 is 0 Å². The van der Waals surface area contributed by atoms with Gasteiger partial charge in [-0.15, -0.1) is 0 Å². The van der Waals surface area contributed by atoms with Crippen molar-refractivity contribution in [2.75, 3.05) is 32.1 Å². The predicted molar refractivity (Wildman–Crippen MR) is 130 cm³/mol. The summed E-state index contributed by atoms with van der Waals surface area (Å²) in [7, 11) is 1.64. The van der Waals surface area contributed by atoms with Gasteiger partial charge < -0.3 is 29.8 Å². The maximum atomic E-state index is 15.8. The Bertz CT molecular complexity index is 1360. The van der Waals surface area contributed by atoms with Crippen molar-refractivity contribution in [1.29, 1.82) is 0 Å². The molecule has 1 aliphatic carbocycles. The molecule has 2 aliphatic rings. The second-order valence-corrected chi connectivity index (χ2v) is 9.30. The van der Waals surface area contributed by atoms with Gasteiger partial charge >= 0.3 is 5.97 Å². The molecule has 0 saturated heterocycles. The number of aryl methyl sites for hydroxylation is 1. The SMILES string of the molecule is C[NH2+]c1c(F)c(NCCOc2ccc(C)cc2)c2c3c1c(=O)c(C(=O)O)cn3C1(CCCC1)CO2. The summed E-state index contributed by atoms with van der Waals surface area (Å²) >= 11 is 0. The van der Waals surface area contributed by atoms with E-state index in [0.717, 1.165) is 37.0 Å². The van der Waals surface area contributed by atoms with E-state index in [4.69, 9.17) is 9.47 Å². The number of anilines is 1. The lowest BCUT2D eigenvalue weighted by Gasteiger charge is -2.39. The standard InChI is InChI=1S/C26H28FN3O5/c1-15-5-7-16(8-6-15)34-12-11-29-21-19(27)20(28-2)18-22-24(21)35-14-26(9-3-4-10-26)30(22)13-17(23(18)31)25(32)33/h5-8,13,28-29H,3-4,9-12,14H2,1-2H3,(H,32,33)/p+1. The van der Waals surface area contributed by atoms with E-state index in [0.29, 0.717) is 25.3 Å². The second kappa shape index (κ2) is 8.88. The third-order valence-electron chi connectivity index (χ3n) is 7.12. The van der Waals surface area contributed by atoms with Crippen LogP contribution in [0.25, 0.3) is 10.9 Å². The lowest BCUT2D eigenvalue weighted by Crippen LogP contribution is -2.73. The van der Waals surface area contributed by atoms with Crippen molar-refractivity contribution in [2.24, 2.45) is 0 Å². The maximum Gasteiger partial charge on any atom is 0.341 e. The first-order valence-electron chi connectivity index (χ1n) is 11.9. The molecular formula is C26H29FN3O5+. The van der Waals surface area contributed by atoms with Crippen molar-refractivity contribution in [3.63, 3.8) is 0 Å². The first-order chi connectivity index (χ1) is 16.9. The van der Waals surface area contributed by atoms with Crippen LogP contribution in [0, 0.1) is 12.7 Å². The Labute approximate surface area is 201 Å². The molecule has 1 saturated carbocycles. The number of halogens is 1. The van der Waals surface area contributed by atoms with Gasteiger partial charge in [0.1, 0.15) is 41.1 Å². The van der Waals surface area contributed by atoms with Crippen LogP contribution in [0.2, 0.25) is 0 Å². The molecule has 8 nitrogen and oxygen atoms in total. The smallest absolute Gasteiger partial charge is 0.341 e. The first kappa shape index (κ1) is 23.2. The van der Waals surface area contributed by atoms with E-state index in [-0.39, 0.29) is 28.1 Å². The molecule has 35 heavy (non-hydrogen) atoms. The van der Waals surface area contributed by atoms with E-state index in [9.17, 15) is 14.7 Å². The number of carboxylic acid groups (broad SMARTS) is 1. The van der Waals surface area contributed by atoms with Crippen LogP contribution in [0.4, 0.5) is 15.8 Å². The lowest BCUT2D eigenvalue weighted by atomic mass is 9.93. The van der Waals surface area contributed by atoms with Gasteiger partial charge in [0.15, 0.2) is 11.4 Å². The molecule has 1 fully saturated rings. The van der Waals surface area contributed by atoms with E-state index in [1.165, 1.54) is 11.5 Å². The molecule has 0 atom stereocenters. The molecular weight excluding hydrogens is 453 g/mol. The maximum absolute atomic E-state index is 15.8. The monoisotopic (exact) mass is 482 g/mol. The fourth-order valence-electron chi connectivity index (χ4n) is 5.32. The lowest BCUT2D eigenvalue weighted by molar-refractivity contribution is -0.539. The number of hydrogen-bond acceptors (Lipinski definition) is 5. The number of quaternary nitrogens is 1. The highest BCUT2D eigenvalue weighted by Crippen LogP contribution is 2.48. The van der Waals surface area contributed by atoms with E-state index < -0.39 is 22.8 Å². The quantitative estimate of drug-likeness (QED) is 0.353. The Hall–Kier alpha value is -3.59. The van der Waals surface area contributed by atoms with Crippen LogP contribution in [-0.4, -0.2) is 42.4 Å². The number of benzene rings is 2. The van der Waals surface area contributed by atoms with Crippen LogP contribution in [0.3, 0.4) is 0 Å². The highest BCUT2D eigenvalue weighted by Gasteiger charge is 2.43. The Morgan fingerprint density at radius 1 is 1.29 bits per heavy atom. The summed E-state index contributed by atoms with van der Waals surface area (Å²) in [6.45, 7) is 2.88. The first-order valence-corrected chi connectivity index (χ1v) is 11.9. The average molecular weight is 483 g/mol. The molecule has 0 unspecified atom stereocenters. The number of carboxylic acids is 1. The number of hydrogen-bond donors (Lipinski definition) is 3. The molecule has 0 bridgehead atoms. The number of carbonyl (C=O) groups is 1. The third kappa shape index (κ3) is 3.80. The fraction of sp³-hybridized carbons (Fsp3) is 0.385. The number of nitrogens with zero attached hydrogens (tertiary/aromatic N) is 1. The van der Waals surface area contributed by atoms with E-state index in [1.54, 1.807) is 7.05 Å². The topological polar surface area (TPSA) is 106 Å². The Kier molecular flexibility index (Phi) is 5.88. The normalized spacial score (nSPS) is 15.9. The highest BCUT2D eigenvalue weighted by atomic mass is 19.1. The van der Waals surface area contributed by atoms with Crippen LogP contribution in [-0.2, 0) is 5.54 Å². The van der Waals surface area contributed by atoms with Crippen LogP contribution < -0.4 is 25.5 Å². The molecule has 5 rings (SSSR count). The van der Waals surface area contributed by atoms with Crippen LogP contribution in [0.15, 0.2) is 35.3 Å². The molecule has 1 aliphatic heterocycles.